The largest absolute Gasteiger partial charge is 0.492 e. The number of benzene rings is 1. The van der Waals surface area contributed by atoms with Crippen LogP contribution in [0.25, 0.3) is 0 Å². The van der Waals surface area contributed by atoms with Gasteiger partial charge in [-0.2, -0.15) is 17.9 Å². The average molecular weight is 450 g/mol. The summed E-state index contributed by atoms with van der Waals surface area (Å²) in [4.78, 5) is 2.38. The van der Waals surface area contributed by atoms with Gasteiger partial charge in [0.2, 0.25) is 0 Å². The van der Waals surface area contributed by atoms with E-state index in [0.717, 1.165) is 83.5 Å². The van der Waals surface area contributed by atoms with Crippen molar-refractivity contribution < 1.29 is 17.9 Å². The molecule has 0 amide bonds. The maximum absolute atomic E-state index is 12.7. The minimum atomic E-state index is -3.44. The van der Waals surface area contributed by atoms with E-state index in [2.05, 4.69) is 32.5 Å². The van der Waals surface area contributed by atoms with Gasteiger partial charge < -0.3 is 9.47 Å². The van der Waals surface area contributed by atoms with Crippen molar-refractivity contribution >= 4 is 10.2 Å². The van der Waals surface area contributed by atoms with Crippen LogP contribution in [0.1, 0.15) is 43.2 Å². The first kappa shape index (κ1) is 21.6. The van der Waals surface area contributed by atoms with Crippen molar-refractivity contribution in [3.8, 4) is 5.75 Å². The summed E-state index contributed by atoms with van der Waals surface area (Å²) in [6, 6.07) is 6.60. The molecule has 1 aromatic rings. The predicted octanol–water partition coefficient (Wildman–Crippen LogP) is 1.87. The molecule has 31 heavy (non-hydrogen) atoms. The van der Waals surface area contributed by atoms with Gasteiger partial charge in [-0.15, -0.1) is 0 Å². The molecular weight excluding hydrogens is 414 g/mol. The van der Waals surface area contributed by atoms with Gasteiger partial charge in [0.25, 0.3) is 10.2 Å². The lowest BCUT2D eigenvalue weighted by Gasteiger charge is -2.29. The van der Waals surface area contributed by atoms with Crippen LogP contribution in [0.2, 0.25) is 0 Å². The lowest BCUT2D eigenvalue weighted by atomic mass is 9.93. The Labute approximate surface area is 186 Å². The van der Waals surface area contributed by atoms with E-state index >= 15 is 0 Å². The summed E-state index contributed by atoms with van der Waals surface area (Å²) in [5, 5.41) is 0. The van der Waals surface area contributed by atoms with Crippen molar-refractivity contribution in [3.63, 3.8) is 0 Å². The minimum Gasteiger partial charge on any atom is -0.492 e. The molecule has 0 radical (unpaired) electrons. The quantitative estimate of drug-likeness (QED) is 0.633. The number of ether oxygens (including phenoxy) is 2. The van der Waals surface area contributed by atoms with Gasteiger partial charge in [0.1, 0.15) is 12.4 Å². The first-order chi connectivity index (χ1) is 15.1. The summed E-state index contributed by atoms with van der Waals surface area (Å²) in [6.07, 6.45) is 7.07. The van der Waals surface area contributed by atoms with Crippen LogP contribution >= 0.6 is 0 Å². The van der Waals surface area contributed by atoms with E-state index in [4.69, 9.17) is 9.47 Å². The molecule has 0 spiro atoms. The average Bonchev–Trinajstić information content (AvgIpc) is 2.99. The fourth-order valence-electron chi connectivity index (χ4n) is 5.54. The van der Waals surface area contributed by atoms with Crippen molar-refractivity contribution in [3.05, 3.63) is 29.3 Å². The van der Waals surface area contributed by atoms with Crippen molar-refractivity contribution in [2.24, 2.45) is 11.8 Å². The molecule has 1 aliphatic heterocycles. The molecule has 2 saturated carbocycles. The Bertz CT molecular complexity index is 868. The van der Waals surface area contributed by atoms with Crippen LogP contribution in [-0.2, 0) is 27.8 Å². The summed E-state index contributed by atoms with van der Waals surface area (Å²) in [5.41, 5.74) is 2.68. The van der Waals surface area contributed by atoms with Crippen molar-refractivity contribution in [2.45, 2.75) is 57.0 Å². The van der Waals surface area contributed by atoms with E-state index < -0.39 is 10.2 Å². The van der Waals surface area contributed by atoms with Crippen LogP contribution < -0.4 is 14.2 Å². The van der Waals surface area contributed by atoms with E-state index in [0.29, 0.717) is 18.4 Å². The molecule has 3 fully saturated rings. The molecule has 1 unspecified atom stereocenters. The molecule has 2 N–H and O–H groups in total. The van der Waals surface area contributed by atoms with E-state index in [1.807, 2.05) is 0 Å². The van der Waals surface area contributed by atoms with Gasteiger partial charge in [0.05, 0.1) is 13.2 Å². The van der Waals surface area contributed by atoms with E-state index in [9.17, 15) is 8.42 Å². The number of fused-ring (bicyclic) bond motifs is 3. The second-order valence-corrected chi connectivity index (χ2v) is 11.1. The highest BCUT2D eigenvalue weighted by Gasteiger charge is 2.41. The predicted molar refractivity (Wildman–Crippen MR) is 119 cm³/mol. The van der Waals surface area contributed by atoms with Gasteiger partial charge in [-0.1, -0.05) is 12.5 Å². The molecular formula is C23H35N3O4S. The molecule has 7 nitrogen and oxygen atoms in total. The Morgan fingerprint density at radius 1 is 1.00 bits per heavy atom. The third-order valence-electron chi connectivity index (χ3n) is 7.56. The number of rotatable bonds is 8. The van der Waals surface area contributed by atoms with Crippen molar-refractivity contribution in [1.82, 2.24) is 14.3 Å². The third kappa shape index (κ3) is 5.25. The minimum absolute atomic E-state index is 0.0238. The zero-order valence-electron chi connectivity index (χ0n) is 18.2. The van der Waals surface area contributed by atoms with Crippen LogP contribution in [0.3, 0.4) is 0 Å². The van der Waals surface area contributed by atoms with Crippen LogP contribution in [0, 0.1) is 11.8 Å². The van der Waals surface area contributed by atoms with Crippen molar-refractivity contribution in [2.75, 3.05) is 39.5 Å². The second kappa shape index (κ2) is 9.35. The summed E-state index contributed by atoms with van der Waals surface area (Å²) >= 11 is 0. The van der Waals surface area contributed by atoms with Gasteiger partial charge in [-0.25, -0.2) is 0 Å². The molecule has 5 rings (SSSR count). The highest BCUT2D eigenvalue weighted by molar-refractivity contribution is 7.87. The lowest BCUT2D eigenvalue weighted by Crippen LogP contribution is -2.51. The number of hydrogen-bond donors (Lipinski definition) is 2. The summed E-state index contributed by atoms with van der Waals surface area (Å²) in [7, 11) is -3.44. The number of nitrogens with one attached hydrogen (secondary N) is 2. The summed E-state index contributed by atoms with van der Waals surface area (Å²) < 4.78 is 42.6. The Hall–Kier alpha value is -1.19. The number of morpholine rings is 1. The van der Waals surface area contributed by atoms with Crippen LogP contribution in [0.4, 0.5) is 0 Å². The maximum Gasteiger partial charge on any atom is 0.277 e. The molecule has 4 aliphatic rings. The van der Waals surface area contributed by atoms with Gasteiger partial charge in [0, 0.05) is 31.7 Å². The zero-order valence-corrected chi connectivity index (χ0v) is 19.0. The standard InChI is InChI=1S/C23H35N3O4S/c27-31(28,24-21-2-1-3-21)25-23-18-4-5-19(23)15-20-16-22(7-6-17(20)14-18)30-13-10-26-8-11-29-12-9-26/h6-7,16,18-19,21,23-25H,1-5,8-15H2/t18-,19?,23+/m0/s1. The van der Waals surface area contributed by atoms with E-state index in [1.165, 1.54) is 11.1 Å². The van der Waals surface area contributed by atoms with Crippen LogP contribution in [-0.4, -0.2) is 64.9 Å². The molecule has 1 saturated heterocycles. The Morgan fingerprint density at radius 2 is 1.74 bits per heavy atom. The second-order valence-electron chi connectivity index (χ2n) is 9.63. The number of nitrogens with zero attached hydrogens (tertiary/aromatic N) is 1. The molecule has 0 aromatic heterocycles. The van der Waals surface area contributed by atoms with Crippen molar-refractivity contribution in [1.29, 1.82) is 0 Å². The SMILES string of the molecule is O=S(=O)(NC1CCC1)N[C@H]1C2CC[C@H]1Cc1ccc(OCCN3CCOCC3)cc1C2. The van der Waals surface area contributed by atoms with E-state index in [1.54, 1.807) is 0 Å². The highest BCUT2D eigenvalue weighted by atomic mass is 32.2. The Balaban J connectivity index is 1.20. The van der Waals surface area contributed by atoms with Crippen LogP contribution in [0.15, 0.2) is 18.2 Å². The maximum atomic E-state index is 12.7. The topological polar surface area (TPSA) is 79.9 Å². The fourth-order valence-corrected chi connectivity index (χ4v) is 7.03. The normalized spacial score (nSPS) is 29.2. The van der Waals surface area contributed by atoms with Gasteiger partial charge >= 0.3 is 0 Å². The van der Waals surface area contributed by atoms with E-state index in [-0.39, 0.29) is 12.1 Å². The molecule has 3 aliphatic carbocycles. The Morgan fingerprint density at radius 3 is 2.45 bits per heavy atom. The van der Waals surface area contributed by atoms with Crippen LogP contribution in [0.5, 0.6) is 5.75 Å². The molecule has 2 bridgehead atoms. The number of hydrogen-bond acceptors (Lipinski definition) is 5. The first-order valence-electron chi connectivity index (χ1n) is 11.9. The molecule has 172 valence electrons. The first-order valence-corrected chi connectivity index (χ1v) is 13.4. The van der Waals surface area contributed by atoms with Gasteiger partial charge in [-0.3, -0.25) is 4.90 Å². The smallest absolute Gasteiger partial charge is 0.277 e. The Kier molecular flexibility index (Phi) is 6.53. The monoisotopic (exact) mass is 449 g/mol. The molecule has 1 aromatic carbocycles. The molecule has 3 atom stereocenters. The fraction of sp³-hybridized carbons (Fsp3) is 0.739. The molecule has 1 heterocycles. The molecule has 8 heteroatoms. The van der Waals surface area contributed by atoms with Gasteiger partial charge in [-0.05, 0) is 73.6 Å². The summed E-state index contributed by atoms with van der Waals surface area (Å²) in [6.45, 7) is 5.17. The lowest BCUT2D eigenvalue weighted by molar-refractivity contribution is 0.0322. The summed E-state index contributed by atoms with van der Waals surface area (Å²) in [5.74, 6) is 1.65. The zero-order chi connectivity index (χ0) is 21.3. The highest BCUT2D eigenvalue weighted by Crippen LogP contribution is 2.41. The van der Waals surface area contributed by atoms with Gasteiger partial charge in [0.15, 0.2) is 0 Å². The third-order valence-corrected chi connectivity index (χ3v) is 8.79.